The molecule has 0 bridgehead atoms. The highest BCUT2D eigenvalue weighted by molar-refractivity contribution is 6.02. The lowest BCUT2D eigenvalue weighted by atomic mass is 9.73. The minimum absolute atomic E-state index is 0.0573. The van der Waals surface area contributed by atoms with Gasteiger partial charge in [-0.05, 0) is 57.1 Å². The van der Waals surface area contributed by atoms with Crippen LogP contribution in [-0.2, 0) is 21.4 Å². The number of piperidine rings is 1. The number of ketones is 1. The number of fused-ring (bicyclic) bond motifs is 2. The predicted octanol–water partition coefficient (Wildman–Crippen LogP) is 3.38. The van der Waals surface area contributed by atoms with Crippen LogP contribution in [0, 0.1) is 0 Å². The molecule has 34 heavy (non-hydrogen) atoms. The summed E-state index contributed by atoms with van der Waals surface area (Å²) in [6.07, 6.45) is 4.22. The number of rotatable bonds is 7. The zero-order chi connectivity index (χ0) is 24.3. The lowest BCUT2D eigenvalue weighted by Crippen LogP contribution is -2.57. The number of benzene rings is 2. The van der Waals surface area contributed by atoms with E-state index in [1.165, 1.54) is 5.56 Å². The minimum Gasteiger partial charge on any atom is -0.343 e. The highest BCUT2D eigenvalue weighted by Crippen LogP contribution is 2.46. The van der Waals surface area contributed by atoms with Gasteiger partial charge in [0, 0.05) is 30.5 Å². The van der Waals surface area contributed by atoms with E-state index in [0.29, 0.717) is 25.9 Å². The van der Waals surface area contributed by atoms with E-state index >= 15 is 0 Å². The summed E-state index contributed by atoms with van der Waals surface area (Å²) in [6, 6.07) is 17.4. The largest absolute Gasteiger partial charge is 0.343 e. The Kier molecular flexibility index (Phi) is 6.89. The van der Waals surface area contributed by atoms with E-state index in [2.05, 4.69) is 23.5 Å². The zero-order valence-corrected chi connectivity index (χ0v) is 20.2. The van der Waals surface area contributed by atoms with Crippen molar-refractivity contribution in [1.82, 2.24) is 10.2 Å². The first-order valence-corrected chi connectivity index (χ1v) is 12.2. The second-order valence-corrected chi connectivity index (χ2v) is 10.4. The van der Waals surface area contributed by atoms with E-state index in [0.717, 1.165) is 36.8 Å². The molecule has 2 amide bonds. The molecule has 1 heterocycles. The van der Waals surface area contributed by atoms with Gasteiger partial charge in [0.25, 0.3) is 0 Å². The fraction of sp³-hybridized carbons (Fsp3) is 0.464. The molecule has 1 spiro atoms. The molecule has 4 rings (SSSR count). The van der Waals surface area contributed by atoms with E-state index in [1.54, 1.807) is 13.8 Å². The van der Waals surface area contributed by atoms with Gasteiger partial charge in [0.2, 0.25) is 11.8 Å². The Labute approximate surface area is 201 Å². The Balaban J connectivity index is 1.42. The fourth-order valence-corrected chi connectivity index (χ4v) is 5.26. The molecule has 0 radical (unpaired) electrons. The maximum atomic E-state index is 13.5. The minimum atomic E-state index is -1.06. The number of nitrogens with one attached hydrogen (secondary N) is 1. The summed E-state index contributed by atoms with van der Waals surface area (Å²) in [5.41, 5.74) is 7.94. The summed E-state index contributed by atoms with van der Waals surface area (Å²) in [5.74, 6) is -0.181. The fourth-order valence-electron chi connectivity index (χ4n) is 5.26. The van der Waals surface area contributed by atoms with Crippen molar-refractivity contribution in [3.05, 3.63) is 71.3 Å². The standard InChI is InChI=1S/C28H35N3O3/c1-27(2,29)26(34)30-23(14-8-11-20-9-4-3-5-10-20)25(33)31-17-15-28(16-18-31)19-24(32)21-12-6-7-13-22(21)28/h3-7,9-10,12-13,23H,8,11,14-19,29H2,1-2H3,(H,30,34)/t23-/m1/s1. The van der Waals surface area contributed by atoms with Crippen LogP contribution in [0.4, 0.5) is 0 Å². The number of amides is 2. The molecule has 0 unspecified atom stereocenters. The monoisotopic (exact) mass is 461 g/mol. The zero-order valence-electron chi connectivity index (χ0n) is 20.2. The summed E-state index contributed by atoms with van der Waals surface area (Å²) < 4.78 is 0. The van der Waals surface area contributed by atoms with Gasteiger partial charge in [-0.2, -0.15) is 0 Å². The first-order valence-electron chi connectivity index (χ1n) is 12.2. The molecule has 1 aliphatic heterocycles. The molecular formula is C28H35N3O3. The topological polar surface area (TPSA) is 92.5 Å². The quantitative estimate of drug-likeness (QED) is 0.661. The van der Waals surface area contributed by atoms with Crippen LogP contribution in [0.1, 0.15) is 67.4 Å². The van der Waals surface area contributed by atoms with Crippen molar-refractivity contribution in [1.29, 1.82) is 0 Å². The van der Waals surface area contributed by atoms with Crippen LogP contribution in [-0.4, -0.2) is 47.2 Å². The number of Topliss-reactive ketones (excluding diaryl/α,β-unsaturated/α-hetero) is 1. The van der Waals surface area contributed by atoms with E-state index in [-0.39, 0.29) is 23.0 Å². The van der Waals surface area contributed by atoms with Crippen LogP contribution >= 0.6 is 0 Å². The van der Waals surface area contributed by atoms with E-state index < -0.39 is 11.6 Å². The van der Waals surface area contributed by atoms with Crippen LogP contribution in [0.5, 0.6) is 0 Å². The summed E-state index contributed by atoms with van der Waals surface area (Å²) in [5, 5.41) is 2.91. The van der Waals surface area contributed by atoms with Crippen LogP contribution in [0.15, 0.2) is 54.6 Å². The van der Waals surface area contributed by atoms with Crippen LogP contribution < -0.4 is 11.1 Å². The second kappa shape index (κ2) is 9.71. The molecule has 0 aromatic heterocycles. The Morgan fingerprint density at radius 1 is 1.06 bits per heavy atom. The lowest BCUT2D eigenvalue weighted by molar-refractivity contribution is -0.139. The summed E-state index contributed by atoms with van der Waals surface area (Å²) in [7, 11) is 0. The van der Waals surface area contributed by atoms with Crippen molar-refractivity contribution in [2.24, 2.45) is 5.73 Å². The third-order valence-corrected chi connectivity index (χ3v) is 7.32. The van der Waals surface area contributed by atoms with Crippen LogP contribution in [0.25, 0.3) is 0 Å². The van der Waals surface area contributed by atoms with Crippen molar-refractivity contribution < 1.29 is 14.4 Å². The van der Waals surface area contributed by atoms with E-state index in [1.807, 2.05) is 41.3 Å². The van der Waals surface area contributed by atoms with Gasteiger partial charge in [0.05, 0.1) is 5.54 Å². The highest BCUT2D eigenvalue weighted by Gasteiger charge is 2.46. The number of likely N-dealkylation sites (tertiary alicyclic amines) is 1. The van der Waals surface area contributed by atoms with Crippen molar-refractivity contribution in [2.75, 3.05) is 13.1 Å². The number of aryl methyl sites for hydroxylation is 1. The smallest absolute Gasteiger partial charge is 0.245 e. The predicted molar refractivity (Wildman–Crippen MR) is 132 cm³/mol. The first-order chi connectivity index (χ1) is 16.2. The van der Waals surface area contributed by atoms with Crippen molar-refractivity contribution in [3.8, 4) is 0 Å². The molecule has 6 heteroatoms. The molecule has 1 atom stereocenters. The summed E-state index contributed by atoms with van der Waals surface area (Å²) >= 11 is 0. The van der Waals surface area contributed by atoms with Crippen molar-refractivity contribution in [3.63, 3.8) is 0 Å². The van der Waals surface area contributed by atoms with Gasteiger partial charge in [-0.15, -0.1) is 0 Å². The molecule has 0 saturated carbocycles. The van der Waals surface area contributed by atoms with E-state index in [4.69, 9.17) is 5.73 Å². The van der Waals surface area contributed by atoms with Gasteiger partial charge >= 0.3 is 0 Å². The molecule has 1 fully saturated rings. The molecule has 2 aromatic rings. The average Bonchev–Trinajstić information content (AvgIpc) is 3.10. The normalized spacial score (nSPS) is 18.0. The third kappa shape index (κ3) is 5.07. The third-order valence-electron chi connectivity index (χ3n) is 7.32. The van der Waals surface area contributed by atoms with E-state index in [9.17, 15) is 14.4 Å². The second-order valence-electron chi connectivity index (χ2n) is 10.4. The highest BCUT2D eigenvalue weighted by atomic mass is 16.2. The first kappa shape index (κ1) is 24.1. The number of hydrogen-bond acceptors (Lipinski definition) is 4. The number of carbonyl (C=O) groups excluding carboxylic acids is 3. The van der Waals surface area contributed by atoms with Crippen molar-refractivity contribution >= 4 is 17.6 Å². The maximum absolute atomic E-state index is 13.5. The van der Waals surface area contributed by atoms with Gasteiger partial charge in [-0.25, -0.2) is 0 Å². The van der Waals surface area contributed by atoms with Crippen molar-refractivity contribution in [2.45, 2.75) is 69.4 Å². The molecule has 6 nitrogen and oxygen atoms in total. The molecule has 1 aliphatic carbocycles. The number of carbonyl (C=O) groups is 3. The van der Waals surface area contributed by atoms with Crippen LogP contribution in [0.2, 0.25) is 0 Å². The molecule has 3 N–H and O–H groups in total. The molecular weight excluding hydrogens is 426 g/mol. The number of nitrogens with two attached hydrogens (primary N) is 1. The van der Waals surface area contributed by atoms with Gasteiger partial charge in [-0.1, -0.05) is 54.6 Å². The number of hydrogen-bond donors (Lipinski definition) is 2. The lowest BCUT2D eigenvalue weighted by Gasteiger charge is -2.41. The Hall–Kier alpha value is -2.99. The Bertz CT molecular complexity index is 1050. The maximum Gasteiger partial charge on any atom is 0.245 e. The van der Waals surface area contributed by atoms with Gasteiger partial charge in [0.1, 0.15) is 6.04 Å². The summed E-state index contributed by atoms with van der Waals surface area (Å²) in [4.78, 5) is 40.6. The Morgan fingerprint density at radius 2 is 1.71 bits per heavy atom. The Morgan fingerprint density at radius 3 is 2.38 bits per heavy atom. The summed E-state index contributed by atoms with van der Waals surface area (Å²) in [6.45, 7) is 4.45. The van der Waals surface area contributed by atoms with Gasteiger partial charge in [-0.3, -0.25) is 14.4 Å². The average molecular weight is 462 g/mol. The SMILES string of the molecule is CC(C)(N)C(=O)N[C@H](CCCc1ccccc1)C(=O)N1CCC2(CC1)CC(=O)c1ccccc12. The van der Waals surface area contributed by atoms with Gasteiger partial charge in [0.15, 0.2) is 5.78 Å². The molecule has 180 valence electrons. The van der Waals surface area contributed by atoms with Crippen LogP contribution in [0.3, 0.4) is 0 Å². The van der Waals surface area contributed by atoms with Gasteiger partial charge < -0.3 is 16.0 Å². The molecule has 2 aliphatic rings. The molecule has 1 saturated heterocycles. The molecule has 2 aromatic carbocycles. The number of nitrogens with zero attached hydrogens (tertiary/aromatic N) is 1.